The maximum Gasteiger partial charge on any atom is 0.265 e. The second-order valence-corrected chi connectivity index (χ2v) is 7.29. The second-order valence-electron chi connectivity index (χ2n) is 6.38. The topological polar surface area (TPSA) is 38.3 Å². The van der Waals surface area contributed by atoms with E-state index in [1.165, 1.54) is 22.5 Å². The summed E-state index contributed by atoms with van der Waals surface area (Å²) < 4.78 is 5.89. The lowest BCUT2D eigenvalue weighted by Crippen LogP contribution is -2.10. The number of aryl methyl sites for hydroxylation is 3. The van der Waals surface area contributed by atoms with Crippen molar-refractivity contribution in [3.8, 4) is 5.75 Å². The third-order valence-electron chi connectivity index (χ3n) is 4.22. The average molecular weight is 365 g/mol. The van der Waals surface area contributed by atoms with Crippen LogP contribution < -0.4 is 10.1 Å². The molecular weight excluding hydrogens is 342 g/mol. The van der Waals surface area contributed by atoms with Gasteiger partial charge in [0.2, 0.25) is 0 Å². The Balaban J connectivity index is 1.60. The van der Waals surface area contributed by atoms with Crippen molar-refractivity contribution in [3.05, 3.63) is 81.0 Å². The minimum Gasteiger partial charge on any atom is -0.489 e. The molecule has 0 bridgehead atoms. The summed E-state index contributed by atoms with van der Waals surface area (Å²) in [6.45, 7) is 6.68. The standard InChI is InChI=1S/C22H23NO2S/c1-4-17-6-8-19(9-7-17)23-22(24)21-12-18(14-26-21)13-25-20-10-5-15(2)11-16(20)3/h5-12,14H,4,13H2,1-3H3,(H,23,24). The number of anilines is 1. The van der Waals surface area contributed by atoms with Crippen molar-refractivity contribution >= 4 is 22.9 Å². The lowest BCUT2D eigenvalue weighted by atomic mass is 10.1. The van der Waals surface area contributed by atoms with Gasteiger partial charge in [-0.3, -0.25) is 4.79 Å². The van der Waals surface area contributed by atoms with Gasteiger partial charge >= 0.3 is 0 Å². The number of hydrogen-bond acceptors (Lipinski definition) is 3. The van der Waals surface area contributed by atoms with Crippen LogP contribution in [0.3, 0.4) is 0 Å². The third-order valence-corrected chi connectivity index (χ3v) is 5.20. The Bertz CT molecular complexity index is 897. The highest BCUT2D eigenvalue weighted by molar-refractivity contribution is 7.12. The number of rotatable bonds is 6. The number of thiophene rings is 1. The fraction of sp³-hybridized carbons (Fsp3) is 0.227. The van der Waals surface area contributed by atoms with Gasteiger partial charge in [0.15, 0.2) is 0 Å². The molecule has 0 aliphatic rings. The van der Waals surface area contributed by atoms with Gasteiger partial charge in [-0.2, -0.15) is 0 Å². The van der Waals surface area contributed by atoms with Gasteiger partial charge in [-0.1, -0.05) is 36.8 Å². The van der Waals surface area contributed by atoms with E-state index >= 15 is 0 Å². The number of amides is 1. The van der Waals surface area contributed by atoms with Gasteiger partial charge in [-0.25, -0.2) is 0 Å². The van der Waals surface area contributed by atoms with Crippen molar-refractivity contribution in [3.63, 3.8) is 0 Å². The molecule has 4 heteroatoms. The van der Waals surface area contributed by atoms with Gasteiger partial charge in [0, 0.05) is 11.3 Å². The summed E-state index contributed by atoms with van der Waals surface area (Å²) in [5.74, 6) is 0.792. The number of hydrogen-bond donors (Lipinski definition) is 1. The van der Waals surface area contributed by atoms with Gasteiger partial charge in [-0.15, -0.1) is 11.3 Å². The molecule has 1 heterocycles. The van der Waals surface area contributed by atoms with Crippen molar-refractivity contribution in [1.82, 2.24) is 0 Å². The van der Waals surface area contributed by atoms with Crippen LogP contribution in [0.1, 0.15) is 38.8 Å². The Labute approximate surface area is 158 Å². The average Bonchev–Trinajstić information content (AvgIpc) is 3.11. The summed E-state index contributed by atoms with van der Waals surface area (Å²) in [5, 5.41) is 4.91. The number of ether oxygens (including phenoxy) is 1. The molecule has 0 aliphatic heterocycles. The minimum absolute atomic E-state index is 0.0861. The number of benzene rings is 2. The Hall–Kier alpha value is -2.59. The molecule has 1 amide bonds. The SMILES string of the molecule is CCc1ccc(NC(=O)c2cc(COc3ccc(C)cc3C)cs2)cc1. The van der Waals surface area contributed by atoms with Gasteiger partial charge in [0.25, 0.3) is 5.91 Å². The first kappa shape index (κ1) is 18.2. The van der Waals surface area contributed by atoms with E-state index in [0.717, 1.165) is 29.0 Å². The molecule has 3 rings (SSSR count). The highest BCUT2D eigenvalue weighted by Gasteiger charge is 2.10. The minimum atomic E-state index is -0.0861. The lowest BCUT2D eigenvalue weighted by Gasteiger charge is -2.08. The van der Waals surface area contributed by atoms with Gasteiger partial charge in [0.05, 0.1) is 4.88 Å². The van der Waals surface area contributed by atoms with Crippen LogP contribution in [-0.4, -0.2) is 5.91 Å². The fourth-order valence-electron chi connectivity index (χ4n) is 2.71. The molecular formula is C22H23NO2S. The van der Waals surface area contributed by atoms with E-state index in [9.17, 15) is 4.79 Å². The maximum absolute atomic E-state index is 12.4. The van der Waals surface area contributed by atoms with Crippen LogP contribution in [-0.2, 0) is 13.0 Å². The monoisotopic (exact) mass is 365 g/mol. The lowest BCUT2D eigenvalue weighted by molar-refractivity contribution is 0.103. The Kier molecular flexibility index (Phi) is 5.74. The quantitative estimate of drug-likeness (QED) is 0.603. The summed E-state index contributed by atoms with van der Waals surface area (Å²) in [4.78, 5) is 13.1. The van der Waals surface area contributed by atoms with Crippen LogP contribution in [0.15, 0.2) is 53.9 Å². The predicted molar refractivity (Wildman–Crippen MR) is 108 cm³/mol. The van der Waals surface area contributed by atoms with Crippen molar-refractivity contribution in [2.24, 2.45) is 0 Å². The van der Waals surface area contributed by atoms with Crippen molar-refractivity contribution < 1.29 is 9.53 Å². The first-order valence-electron chi connectivity index (χ1n) is 8.73. The zero-order valence-electron chi connectivity index (χ0n) is 15.3. The highest BCUT2D eigenvalue weighted by Crippen LogP contribution is 2.22. The summed E-state index contributed by atoms with van der Waals surface area (Å²) in [5.41, 5.74) is 5.41. The van der Waals surface area contributed by atoms with Crippen molar-refractivity contribution in [2.45, 2.75) is 33.8 Å². The zero-order chi connectivity index (χ0) is 18.5. The molecule has 0 spiro atoms. The molecule has 0 unspecified atom stereocenters. The van der Waals surface area contributed by atoms with E-state index in [0.29, 0.717) is 11.5 Å². The molecule has 0 radical (unpaired) electrons. The fourth-order valence-corrected chi connectivity index (χ4v) is 3.50. The molecule has 1 N–H and O–H groups in total. The molecule has 3 aromatic rings. The van der Waals surface area contributed by atoms with E-state index in [-0.39, 0.29) is 5.91 Å². The van der Waals surface area contributed by atoms with E-state index in [2.05, 4.69) is 25.2 Å². The van der Waals surface area contributed by atoms with Crippen LogP contribution in [0.25, 0.3) is 0 Å². The van der Waals surface area contributed by atoms with Crippen molar-refractivity contribution in [1.29, 1.82) is 0 Å². The van der Waals surface area contributed by atoms with E-state index in [1.807, 2.05) is 54.8 Å². The molecule has 26 heavy (non-hydrogen) atoms. The van der Waals surface area contributed by atoms with Crippen molar-refractivity contribution in [2.75, 3.05) is 5.32 Å². The number of carbonyl (C=O) groups is 1. The van der Waals surface area contributed by atoms with Crippen LogP contribution in [0.5, 0.6) is 5.75 Å². The summed E-state index contributed by atoms with van der Waals surface area (Å²) in [7, 11) is 0. The molecule has 2 aromatic carbocycles. The normalized spacial score (nSPS) is 10.6. The molecule has 0 atom stereocenters. The van der Waals surface area contributed by atoms with Crippen LogP contribution in [0.4, 0.5) is 5.69 Å². The Morgan fingerprint density at radius 2 is 1.81 bits per heavy atom. The molecule has 134 valence electrons. The molecule has 0 fully saturated rings. The first-order valence-corrected chi connectivity index (χ1v) is 9.61. The van der Waals surface area contributed by atoms with E-state index in [1.54, 1.807) is 0 Å². The second kappa shape index (κ2) is 8.19. The number of nitrogens with one attached hydrogen (secondary N) is 1. The van der Waals surface area contributed by atoms with Gasteiger partial charge < -0.3 is 10.1 Å². The maximum atomic E-state index is 12.4. The van der Waals surface area contributed by atoms with E-state index < -0.39 is 0 Å². The summed E-state index contributed by atoms with van der Waals surface area (Å²) in [6.07, 6.45) is 0.989. The summed E-state index contributed by atoms with van der Waals surface area (Å²) in [6, 6.07) is 16.0. The smallest absolute Gasteiger partial charge is 0.265 e. The Morgan fingerprint density at radius 1 is 1.04 bits per heavy atom. The first-order chi connectivity index (χ1) is 12.5. The molecule has 0 aliphatic carbocycles. The Morgan fingerprint density at radius 3 is 2.50 bits per heavy atom. The van der Waals surface area contributed by atoms with Crippen LogP contribution in [0, 0.1) is 13.8 Å². The van der Waals surface area contributed by atoms with E-state index in [4.69, 9.17) is 4.74 Å². The number of carbonyl (C=O) groups excluding carboxylic acids is 1. The van der Waals surface area contributed by atoms with Gasteiger partial charge in [0.1, 0.15) is 12.4 Å². The third kappa shape index (κ3) is 4.52. The summed E-state index contributed by atoms with van der Waals surface area (Å²) >= 11 is 1.43. The molecule has 3 nitrogen and oxygen atoms in total. The van der Waals surface area contributed by atoms with Gasteiger partial charge in [-0.05, 0) is 61.0 Å². The highest BCUT2D eigenvalue weighted by atomic mass is 32.1. The molecule has 0 saturated heterocycles. The largest absolute Gasteiger partial charge is 0.489 e. The predicted octanol–water partition coefficient (Wildman–Crippen LogP) is 5.76. The van der Waals surface area contributed by atoms with Crippen LogP contribution in [0.2, 0.25) is 0 Å². The zero-order valence-corrected chi connectivity index (χ0v) is 16.2. The molecule has 1 aromatic heterocycles. The van der Waals surface area contributed by atoms with Crippen LogP contribution >= 0.6 is 11.3 Å². The molecule has 0 saturated carbocycles.